The molecule has 0 saturated carbocycles. The van der Waals surface area contributed by atoms with Crippen LogP contribution in [0.25, 0.3) is 6.08 Å². The Morgan fingerprint density at radius 1 is 1.19 bits per heavy atom. The second-order valence-electron chi connectivity index (χ2n) is 5.50. The zero-order valence-electron chi connectivity index (χ0n) is 14.6. The Labute approximate surface area is 166 Å². The standard InChI is InChI=1S/C20H16ClNO4S/c1-25-15-8-4-7-14(11-15)22-19-17(20(24)26-2)18(23)16(27-19)10-12-5-3-6-13(21)9-12/h3-11,23H,1-2H3. The van der Waals surface area contributed by atoms with Crippen molar-refractivity contribution in [3.8, 4) is 5.75 Å². The highest BCUT2D eigenvalue weighted by atomic mass is 35.5. The van der Waals surface area contributed by atoms with Crippen molar-refractivity contribution in [3.05, 3.63) is 75.4 Å². The van der Waals surface area contributed by atoms with Crippen molar-refractivity contribution in [2.75, 3.05) is 14.2 Å². The average Bonchev–Trinajstić information content (AvgIpc) is 2.96. The second kappa shape index (κ2) is 8.33. The van der Waals surface area contributed by atoms with Gasteiger partial charge in [-0.05, 0) is 35.9 Å². The fourth-order valence-electron chi connectivity index (χ4n) is 2.44. The highest BCUT2D eigenvalue weighted by molar-refractivity contribution is 8.18. The smallest absolute Gasteiger partial charge is 0.344 e. The summed E-state index contributed by atoms with van der Waals surface area (Å²) in [6.07, 6.45) is 1.74. The van der Waals surface area contributed by atoms with E-state index in [1.165, 1.54) is 18.9 Å². The predicted molar refractivity (Wildman–Crippen MR) is 109 cm³/mol. The van der Waals surface area contributed by atoms with Gasteiger partial charge < -0.3 is 14.6 Å². The first-order valence-electron chi connectivity index (χ1n) is 7.92. The Balaban J connectivity index is 2.04. The van der Waals surface area contributed by atoms with Crippen LogP contribution in [0.3, 0.4) is 0 Å². The van der Waals surface area contributed by atoms with Gasteiger partial charge in [0.1, 0.15) is 22.1 Å². The molecule has 0 fully saturated rings. The lowest BCUT2D eigenvalue weighted by molar-refractivity contribution is -0.135. The number of thioether (sulfide) groups is 1. The molecule has 0 saturated heterocycles. The molecule has 7 heteroatoms. The molecule has 0 amide bonds. The fraction of sp³-hybridized carbons (Fsp3) is 0.100. The number of aliphatic imine (C=N–C) groups is 1. The first-order valence-corrected chi connectivity index (χ1v) is 9.11. The van der Waals surface area contributed by atoms with Crippen LogP contribution in [-0.2, 0) is 9.53 Å². The third-order valence-corrected chi connectivity index (χ3v) is 4.97. The maximum Gasteiger partial charge on any atom is 0.344 e. The second-order valence-corrected chi connectivity index (χ2v) is 6.97. The van der Waals surface area contributed by atoms with Crippen LogP contribution in [0, 0.1) is 0 Å². The first-order chi connectivity index (χ1) is 13.0. The Bertz CT molecular complexity index is 981. The van der Waals surface area contributed by atoms with Crippen LogP contribution in [0.5, 0.6) is 5.75 Å². The molecule has 0 unspecified atom stereocenters. The third-order valence-electron chi connectivity index (χ3n) is 3.71. The largest absolute Gasteiger partial charge is 0.506 e. The average molecular weight is 402 g/mol. The number of rotatable bonds is 4. The molecule has 3 rings (SSSR count). The fourth-order valence-corrected chi connectivity index (χ4v) is 3.67. The molecule has 2 aromatic carbocycles. The molecule has 5 nitrogen and oxygen atoms in total. The van der Waals surface area contributed by atoms with Crippen molar-refractivity contribution in [1.82, 2.24) is 0 Å². The molecular weight excluding hydrogens is 386 g/mol. The Morgan fingerprint density at radius 2 is 1.96 bits per heavy atom. The zero-order valence-corrected chi connectivity index (χ0v) is 16.2. The van der Waals surface area contributed by atoms with Gasteiger partial charge in [-0.15, -0.1) is 0 Å². The van der Waals surface area contributed by atoms with Crippen LogP contribution < -0.4 is 4.74 Å². The number of benzene rings is 2. The van der Waals surface area contributed by atoms with Gasteiger partial charge in [0.25, 0.3) is 0 Å². The SMILES string of the molecule is COC(=O)C1=C(O)C(=Cc2cccc(Cl)c2)SC1=Nc1cccc(OC)c1. The van der Waals surface area contributed by atoms with Gasteiger partial charge in [-0.2, -0.15) is 0 Å². The number of carbonyl (C=O) groups excluding carboxylic acids is 1. The number of hydrogen-bond donors (Lipinski definition) is 1. The van der Waals surface area contributed by atoms with E-state index in [1.54, 1.807) is 49.6 Å². The molecule has 2 aromatic rings. The predicted octanol–water partition coefficient (Wildman–Crippen LogP) is 5.15. The highest BCUT2D eigenvalue weighted by Gasteiger charge is 2.33. The van der Waals surface area contributed by atoms with Crippen LogP contribution >= 0.6 is 23.4 Å². The zero-order chi connectivity index (χ0) is 19.4. The quantitative estimate of drug-likeness (QED) is 0.717. The van der Waals surface area contributed by atoms with E-state index in [2.05, 4.69) is 4.99 Å². The minimum atomic E-state index is -0.656. The van der Waals surface area contributed by atoms with Gasteiger partial charge in [-0.3, -0.25) is 0 Å². The maximum absolute atomic E-state index is 12.2. The van der Waals surface area contributed by atoms with Crippen LogP contribution in [0.15, 0.2) is 69.8 Å². The molecule has 27 heavy (non-hydrogen) atoms. The summed E-state index contributed by atoms with van der Waals surface area (Å²) in [4.78, 5) is 17.2. The highest BCUT2D eigenvalue weighted by Crippen LogP contribution is 2.40. The molecule has 1 heterocycles. The number of carbonyl (C=O) groups is 1. The number of methoxy groups -OCH3 is 2. The lowest BCUT2D eigenvalue weighted by Gasteiger charge is -2.03. The van der Waals surface area contributed by atoms with E-state index in [4.69, 9.17) is 21.1 Å². The summed E-state index contributed by atoms with van der Waals surface area (Å²) >= 11 is 7.19. The number of esters is 1. The molecule has 1 aliphatic heterocycles. The van der Waals surface area contributed by atoms with Gasteiger partial charge >= 0.3 is 5.97 Å². The van der Waals surface area contributed by atoms with Gasteiger partial charge in [0.2, 0.25) is 0 Å². The summed E-state index contributed by atoms with van der Waals surface area (Å²) in [6.45, 7) is 0. The molecule has 138 valence electrons. The molecule has 0 bridgehead atoms. The van der Waals surface area contributed by atoms with Gasteiger partial charge in [0, 0.05) is 11.1 Å². The van der Waals surface area contributed by atoms with Crippen molar-refractivity contribution in [2.45, 2.75) is 0 Å². The number of ether oxygens (including phenoxy) is 2. The van der Waals surface area contributed by atoms with Crippen LogP contribution in [0.4, 0.5) is 5.69 Å². The molecule has 0 spiro atoms. The topological polar surface area (TPSA) is 68.1 Å². The minimum absolute atomic E-state index is 0.0265. The molecule has 0 atom stereocenters. The van der Waals surface area contributed by atoms with Crippen LogP contribution in [-0.4, -0.2) is 30.3 Å². The van der Waals surface area contributed by atoms with Gasteiger partial charge in [-0.1, -0.05) is 41.6 Å². The summed E-state index contributed by atoms with van der Waals surface area (Å²) in [7, 11) is 2.82. The number of aliphatic hydroxyl groups excluding tert-OH is 1. The van der Waals surface area contributed by atoms with E-state index in [1.807, 2.05) is 12.1 Å². The van der Waals surface area contributed by atoms with E-state index in [9.17, 15) is 9.90 Å². The summed E-state index contributed by atoms with van der Waals surface area (Å²) < 4.78 is 10.0. The van der Waals surface area contributed by atoms with Crippen molar-refractivity contribution in [3.63, 3.8) is 0 Å². The van der Waals surface area contributed by atoms with Crippen molar-refractivity contribution in [2.24, 2.45) is 4.99 Å². The van der Waals surface area contributed by atoms with Gasteiger partial charge in [0.15, 0.2) is 0 Å². The Morgan fingerprint density at radius 3 is 2.67 bits per heavy atom. The number of hydrogen-bond acceptors (Lipinski definition) is 6. The van der Waals surface area contributed by atoms with Crippen molar-refractivity contribution in [1.29, 1.82) is 0 Å². The third kappa shape index (κ3) is 4.35. The first kappa shape index (κ1) is 19.1. The molecule has 0 radical (unpaired) electrons. The van der Waals surface area contributed by atoms with E-state index >= 15 is 0 Å². The minimum Gasteiger partial charge on any atom is -0.506 e. The molecular formula is C20H16ClNO4S. The molecule has 0 aliphatic carbocycles. The number of aliphatic hydroxyl groups is 1. The van der Waals surface area contributed by atoms with E-state index in [0.717, 1.165) is 5.56 Å². The monoisotopic (exact) mass is 401 g/mol. The van der Waals surface area contributed by atoms with Gasteiger partial charge in [0.05, 0.1) is 24.8 Å². The van der Waals surface area contributed by atoms with Crippen molar-refractivity contribution >= 4 is 46.1 Å². The maximum atomic E-state index is 12.2. The summed E-state index contributed by atoms with van der Waals surface area (Å²) in [5, 5.41) is 11.5. The molecule has 0 aromatic heterocycles. The molecule has 1 aliphatic rings. The van der Waals surface area contributed by atoms with Crippen LogP contribution in [0.1, 0.15) is 5.56 Å². The van der Waals surface area contributed by atoms with Crippen LogP contribution in [0.2, 0.25) is 5.02 Å². The van der Waals surface area contributed by atoms with E-state index < -0.39 is 5.97 Å². The lowest BCUT2D eigenvalue weighted by atomic mass is 10.1. The van der Waals surface area contributed by atoms with Crippen molar-refractivity contribution < 1.29 is 19.4 Å². The number of halogens is 1. The van der Waals surface area contributed by atoms with E-state index in [0.29, 0.717) is 26.4 Å². The summed E-state index contributed by atoms with van der Waals surface area (Å²) in [5.74, 6) is -0.188. The summed E-state index contributed by atoms with van der Waals surface area (Å²) in [5.41, 5.74) is 1.41. The van der Waals surface area contributed by atoms with E-state index in [-0.39, 0.29) is 11.3 Å². The van der Waals surface area contributed by atoms with Gasteiger partial charge in [-0.25, -0.2) is 9.79 Å². The normalized spacial score (nSPS) is 16.9. The Hall–Kier alpha value is -2.70. The molecule has 1 N–H and O–H groups in total. The Kier molecular flexibility index (Phi) is 5.88. The lowest BCUT2D eigenvalue weighted by Crippen LogP contribution is -2.10. The summed E-state index contributed by atoms with van der Waals surface area (Å²) in [6, 6.07) is 14.3. The number of nitrogens with zero attached hydrogens (tertiary/aromatic N) is 1.